The van der Waals surface area contributed by atoms with Crippen molar-refractivity contribution in [3.05, 3.63) is 138 Å². The normalized spacial score (nSPS) is 14.7. The molecule has 106 heavy (non-hydrogen) atoms. The van der Waals surface area contributed by atoms with Crippen LogP contribution in [0.4, 0.5) is 57.5 Å². The second-order valence-electron chi connectivity index (χ2n) is 24.3. The van der Waals surface area contributed by atoms with Crippen molar-refractivity contribution < 1.29 is 94.2 Å². The molecule has 5 atom stereocenters. The van der Waals surface area contributed by atoms with Crippen molar-refractivity contribution in [1.29, 1.82) is 0 Å². The molecule has 2 aliphatic rings. The summed E-state index contributed by atoms with van der Waals surface area (Å²) >= 11 is 0. The molecule has 4 heterocycles. The number of benzene rings is 4. The van der Waals surface area contributed by atoms with E-state index in [4.69, 9.17) is 23.7 Å². The van der Waals surface area contributed by atoms with Crippen LogP contribution in [-0.4, -0.2) is 174 Å². The lowest BCUT2D eigenvalue weighted by molar-refractivity contribution is -0.146. The van der Waals surface area contributed by atoms with Crippen LogP contribution in [-0.2, 0) is 74.5 Å². The van der Waals surface area contributed by atoms with Crippen LogP contribution >= 0.6 is 0 Å². The van der Waals surface area contributed by atoms with Crippen molar-refractivity contribution in [2.75, 3.05) is 98.5 Å². The number of hydrogen-bond donors (Lipinski definition) is 12. The van der Waals surface area contributed by atoms with E-state index in [0.29, 0.717) is 58.2 Å². The highest BCUT2D eigenvalue weighted by atomic mass is 32.2. The molecule has 2 aliphatic heterocycles. The highest BCUT2D eigenvalue weighted by Gasteiger charge is 2.40. The van der Waals surface area contributed by atoms with Gasteiger partial charge in [-0.1, -0.05) is 50.3 Å². The van der Waals surface area contributed by atoms with Crippen molar-refractivity contribution in [2.45, 2.75) is 101 Å². The molecular weight excluding hydrogens is 1430 g/mol. The zero-order valence-electron chi connectivity index (χ0n) is 58.1. The molecule has 12 N–H and O–H groups in total. The first kappa shape index (κ1) is 80.7. The number of urea groups is 3. The minimum absolute atomic E-state index is 0.0380. The summed E-state index contributed by atoms with van der Waals surface area (Å²) < 4.78 is 91.2. The third-order valence-electron chi connectivity index (χ3n) is 15.7. The van der Waals surface area contributed by atoms with Gasteiger partial charge >= 0.3 is 30.0 Å². The Hall–Kier alpha value is -11.0. The topological polar surface area (TPSA) is 436 Å². The van der Waals surface area contributed by atoms with Crippen LogP contribution in [0.25, 0.3) is 11.1 Å². The fourth-order valence-electron chi connectivity index (χ4n) is 10.7. The zero-order chi connectivity index (χ0) is 76.1. The number of anilines is 6. The van der Waals surface area contributed by atoms with Crippen LogP contribution in [0, 0.1) is 17.6 Å². The standard InChI is InChI=1S/C70H83F2N14O18S2/c1-4-21-73-68(95)78-48-10-6-12-50(36-48)106(99)84-49-11-5-9-44(34-49)54(38-62(88)89)80-70(97)77-47-17-15-46(16-18-47)76-69(96)74-22-27-101-29-31-102-30-28-100-26-20-60(87)79-55(39-63(90)91)67(94)86-23-7-13-56(86)65(92)83-64(42(2)3)66(93)85-105(98)41-43-32-59-81-58-37-52(53(72)40-75-58)51-19-14-45(71)35-57(51)103-24-8-25-104-61(33-43)82-59/h5-6,9-12,14-19,32-37,40,42,54-56,64,84H,4,7-8,13,20-31,38-39,41H2,1-3H3,(H,79,87)(H,83,92)(H,88,89)(H,90,91)(H2,73,78,95)(H2,74,76,96)(H,75,81,82)(H2,77,80,97)/q-1/t54-,55+,56+,64+,106?/m1/s1. The number of carboxylic acid groups (broad SMARTS) is 2. The molecule has 6 aromatic rings. The predicted octanol–water partition coefficient (Wildman–Crippen LogP) is 7.86. The molecule has 4 bridgehead atoms. The van der Waals surface area contributed by atoms with E-state index in [-0.39, 0.29) is 119 Å². The van der Waals surface area contributed by atoms with Gasteiger partial charge in [0, 0.05) is 78.5 Å². The number of pyridine rings is 2. The zero-order valence-corrected chi connectivity index (χ0v) is 59.7. The van der Waals surface area contributed by atoms with E-state index in [1.165, 1.54) is 54.6 Å². The van der Waals surface area contributed by atoms with Gasteiger partial charge in [0.05, 0.1) is 82.8 Å². The number of nitrogens with zero attached hydrogens (tertiary/aromatic N) is 4. The molecule has 2 aromatic heterocycles. The van der Waals surface area contributed by atoms with Crippen LogP contribution in [0.15, 0.2) is 125 Å². The monoisotopic (exact) mass is 1510 g/mol. The summed E-state index contributed by atoms with van der Waals surface area (Å²) in [5.41, 5.74) is 2.64. The summed E-state index contributed by atoms with van der Waals surface area (Å²) in [6.45, 7) is 6.51. The van der Waals surface area contributed by atoms with Crippen LogP contribution in [0.1, 0.15) is 82.9 Å². The molecule has 0 radical (unpaired) electrons. The van der Waals surface area contributed by atoms with Crippen molar-refractivity contribution in [2.24, 2.45) is 10.3 Å². The quantitative estimate of drug-likeness (QED) is 0.0135. The second-order valence-corrected chi connectivity index (χ2v) is 26.6. The number of amides is 10. The fraction of sp³-hybridized carbons (Fsp3) is 0.386. The number of likely N-dealkylation sites (tertiary alicyclic amines) is 1. The summed E-state index contributed by atoms with van der Waals surface area (Å²) in [7, 11) is -4.01. The van der Waals surface area contributed by atoms with Crippen LogP contribution in [0.3, 0.4) is 0 Å². The minimum Gasteiger partial charge on any atom is -0.493 e. The third kappa shape index (κ3) is 26.0. The highest BCUT2D eigenvalue weighted by molar-refractivity contribution is 7.86. The molecule has 0 aliphatic carbocycles. The number of hydrogen-bond acceptors (Lipinski definition) is 20. The number of rotatable bonds is 34. The molecule has 1 saturated heterocycles. The SMILES string of the molecule is CCCNC(=O)Nc1cccc(S(=O)Nc2cccc([C@@H](CC(=O)O)NC(=O)Nc3ccc(NC(=O)NCCOCCOCCOCCC(=O)N[C@@H](CC(=O)O)C(=O)N4CCC[C@H]4C(=O)N[C@H](C(=O)N=[S-](=O)Cc4cc5nc(c4)OCCCOc4cc(F)ccc4-c4cc(ncc4F)N5)C(C)C)cc3)c2)c1. The number of carbonyl (C=O) groups excluding carboxylic acids is 7. The van der Waals surface area contributed by atoms with Gasteiger partial charge in [-0.25, -0.2) is 32.4 Å². The summed E-state index contributed by atoms with van der Waals surface area (Å²) in [5, 5.41) is 43.5. The molecule has 0 saturated carbocycles. The number of aromatic nitrogens is 2. The van der Waals surface area contributed by atoms with E-state index in [9.17, 15) is 66.2 Å². The van der Waals surface area contributed by atoms with Crippen molar-refractivity contribution in [3.8, 4) is 22.8 Å². The maximum atomic E-state index is 15.2. The Morgan fingerprint density at radius 1 is 0.708 bits per heavy atom. The molecule has 568 valence electrons. The Labute approximate surface area is 612 Å². The first-order chi connectivity index (χ1) is 51.0. The lowest BCUT2D eigenvalue weighted by atomic mass is 10.0. The Kier molecular flexibility index (Phi) is 31.2. The number of carbonyl (C=O) groups is 9. The largest absolute Gasteiger partial charge is 0.493 e. The molecule has 10 amide bonds. The number of ether oxygens (including phenoxy) is 5. The minimum atomic E-state index is -2.22. The summed E-state index contributed by atoms with van der Waals surface area (Å²) in [5.74, 6) is -7.45. The van der Waals surface area contributed by atoms with Crippen molar-refractivity contribution >= 4 is 110 Å². The predicted molar refractivity (Wildman–Crippen MR) is 386 cm³/mol. The van der Waals surface area contributed by atoms with Crippen molar-refractivity contribution in [3.63, 3.8) is 0 Å². The van der Waals surface area contributed by atoms with Gasteiger partial charge in [0.25, 0.3) is 0 Å². The molecule has 0 spiro atoms. The summed E-state index contributed by atoms with van der Waals surface area (Å²) in [4.78, 5) is 126. The van der Waals surface area contributed by atoms with Gasteiger partial charge in [0.15, 0.2) is 0 Å². The van der Waals surface area contributed by atoms with E-state index in [2.05, 4.69) is 66.9 Å². The number of halogens is 2. The van der Waals surface area contributed by atoms with Gasteiger partial charge in [-0.2, -0.15) is 15.6 Å². The highest BCUT2D eigenvalue weighted by Crippen LogP contribution is 2.35. The van der Waals surface area contributed by atoms with Gasteiger partial charge in [-0.15, -0.1) is 0 Å². The van der Waals surface area contributed by atoms with Crippen LogP contribution in [0.2, 0.25) is 0 Å². The van der Waals surface area contributed by atoms with E-state index < -0.39 is 130 Å². The van der Waals surface area contributed by atoms with Gasteiger partial charge in [0.2, 0.25) is 29.5 Å². The maximum Gasteiger partial charge on any atom is 0.319 e. The average molecular weight is 1510 g/mol. The Morgan fingerprint density at radius 3 is 2.09 bits per heavy atom. The average Bonchev–Trinajstić information content (AvgIpc) is 1.04. The molecule has 1 unspecified atom stereocenters. The molecule has 32 nitrogen and oxygen atoms in total. The molecule has 36 heteroatoms. The first-order valence-electron chi connectivity index (χ1n) is 33.8. The molecule has 8 rings (SSSR count). The Bertz CT molecular complexity index is 4210. The first-order valence-corrected chi connectivity index (χ1v) is 36.3. The Morgan fingerprint density at radius 2 is 1.38 bits per heavy atom. The van der Waals surface area contributed by atoms with E-state index in [0.717, 1.165) is 23.6 Å². The van der Waals surface area contributed by atoms with E-state index in [1.54, 1.807) is 62.4 Å². The molecular formula is C70H83F2N14O18S2-. The smallest absolute Gasteiger partial charge is 0.319 e. The van der Waals surface area contributed by atoms with Crippen molar-refractivity contribution in [1.82, 2.24) is 41.5 Å². The van der Waals surface area contributed by atoms with Gasteiger partial charge < -0.3 is 99.9 Å². The number of nitrogens with one attached hydrogen (secondary N) is 10. The molecule has 1 fully saturated rings. The van der Waals surface area contributed by atoms with E-state index >= 15 is 4.39 Å². The van der Waals surface area contributed by atoms with Gasteiger partial charge in [0.1, 0.15) is 58.1 Å². The van der Waals surface area contributed by atoms with Gasteiger partial charge in [-0.3, -0.25) is 28.8 Å². The van der Waals surface area contributed by atoms with Gasteiger partial charge in [-0.05, 0) is 110 Å². The van der Waals surface area contributed by atoms with Crippen LogP contribution < -0.4 is 62.0 Å². The number of fused-ring (bicyclic) bond motifs is 6. The third-order valence-corrected chi connectivity index (χ3v) is 17.8. The number of aliphatic carboxylic acids is 2. The van der Waals surface area contributed by atoms with E-state index in [1.807, 2.05) is 6.92 Å². The number of carboxylic acids is 2. The second kappa shape index (κ2) is 40.9. The lowest BCUT2D eigenvalue weighted by Crippen LogP contribution is -2.56. The maximum absolute atomic E-state index is 15.2. The Balaban J connectivity index is 0.699. The summed E-state index contributed by atoms with van der Waals surface area (Å²) in [6.07, 6.45) is 0.980. The fourth-order valence-corrected chi connectivity index (χ4v) is 12.4. The lowest BCUT2D eigenvalue weighted by Gasteiger charge is -2.30. The molecule has 4 aromatic carbocycles. The van der Waals surface area contributed by atoms with Crippen LogP contribution in [0.5, 0.6) is 11.6 Å². The summed E-state index contributed by atoms with van der Waals surface area (Å²) in [6, 6.07) is 20.4.